The first-order valence-corrected chi connectivity index (χ1v) is 4.56. The summed E-state index contributed by atoms with van der Waals surface area (Å²) in [6.45, 7) is 2.04. The Bertz CT molecular complexity index is 160. The van der Waals surface area contributed by atoms with Crippen LogP contribution in [0.15, 0.2) is 0 Å². The fourth-order valence-corrected chi connectivity index (χ4v) is 2.65. The molecule has 0 spiro atoms. The van der Waals surface area contributed by atoms with E-state index in [0.29, 0.717) is 12.0 Å². The van der Waals surface area contributed by atoms with E-state index in [1.807, 2.05) is 6.92 Å². The van der Waals surface area contributed by atoms with Gasteiger partial charge in [0.1, 0.15) is 6.17 Å². The number of nitrogens with zero attached hydrogens (tertiary/aromatic N) is 1. The molecule has 3 unspecified atom stereocenters. The molecule has 0 aromatic heterocycles. The van der Waals surface area contributed by atoms with E-state index in [2.05, 4.69) is 11.9 Å². The summed E-state index contributed by atoms with van der Waals surface area (Å²) in [7, 11) is 2.07. The van der Waals surface area contributed by atoms with Crippen molar-refractivity contribution in [1.82, 2.24) is 4.90 Å². The van der Waals surface area contributed by atoms with Gasteiger partial charge < -0.3 is 0 Å². The van der Waals surface area contributed by atoms with Crippen LogP contribution in [0.3, 0.4) is 0 Å². The molecule has 64 valence electrons. The SMILES string of the molecule is C[C@H]1CC2CCC(C1F)N2C. The summed E-state index contributed by atoms with van der Waals surface area (Å²) in [5.74, 6) is 0.295. The highest BCUT2D eigenvalue weighted by molar-refractivity contribution is 4.97. The average molecular weight is 157 g/mol. The van der Waals surface area contributed by atoms with E-state index in [0.717, 1.165) is 12.8 Å². The zero-order valence-corrected chi connectivity index (χ0v) is 7.26. The molecule has 2 aliphatic rings. The molecule has 11 heavy (non-hydrogen) atoms. The maximum atomic E-state index is 13.5. The van der Waals surface area contributed by atoms with Gasteiger partial charge in [0, 0.05) is 12.1 Å². The first kappa shape index (κ1) is 7.53. The summed E-state index contributed by atoms with van der Waals surface area (Å²) in [5, 5.41) is 0. The van der Waals surface area contributed by atoms with Crippen molar-refractivity contribution in [3.05, 3.63) is 0 Å². The summed E-state index contributed by atoms with van der Waals surface area (Å²) >= 11 is 0. The number of piperidine rings is 1. The van der Waals surface area contributed by atoms with Crippen LogP contribution in [0, 0.1) is 5.92 Å². The summed E-state index contributed by atoms with van der Waals surface area (Å²) in [6, 6.07) is 0.922. The molecule has 0 saturated carbocycles. The van der Waals surface area contributed by atoms with Gasteiger partial charge in [0.25, 0.3) is 0 Å². The van der Waals surface area contributed by atoms with Gasteiger partial charge in [-0.05, 0) is 32.2 Å². The van der Waals surface area contributed by atoms with Crippen LogP contribution < -0.4 is 0 Å². The van der Waals surface area contributed by atoms with E-state index in [1.165, 1.54) is 6.42 Å². The smallest absolute Gasteiger partial charge is 0.118 e. The summed E-state index contributed by atoms with van der Waals surface area (Å²) < 4.78 is 13.5. The lowest BCUT2D eigenvalue weighted by Crippen LogP contribution is -2.47. The molecule has 0 aromatic rings. The van der Waals surface area contributed by atoms with Crippen molar-refractivity contribution in [2.75, 3.05) is 7.05 Å². The highest BCUT2D eigenvalue weighted by Crippen LogP contribution is 2.38. The number of alkyl halides is 1. The Hall–Kier alpha value is -0.110. The first-order valence-electron chi connectivity index (χ1n) is 4.56. The minimum absolute atomic E-state index is 0.240. The van der Waals surface area contributed by atoms with Crippen LogP contribution >= 0.6 is 0 Å². The van der Waals surface area contributed by atoms with Gasteiger partial charge in [0.2, 0.25) is 0 Å². The predicted octanol–water partition coefficient (Wildman–Crippen LogP) is 1.83. The molecule has 2 heterocycles. The lowest BCUT2D eigenvalue weighted by atomic mass is 9.91. The molecule has 0 aromatic carbocycles. The van der Waals surface area contributed by atoms with Crippen LogP contribution in [0.25, 0.3) is 0 Å². The van der Waals surface area contributed by atoms with Gasteiger partial charge in [-0.25, -0.2) is 4.39 Å². The van der Waals surface area contributed by atoms with Crippen LogP contribution in [-0.4, -0.2) is 30.2 Å². The molecule has 2 heteroatoms. The molecule has 0 aliphatic carbocycles. The van der Waals surface area contributed by atoms with E-state index >= 15 is 0 Å². The molecule has 0 amide bonds. The third-order valence-corrected chi connectivity index (χ3v) is 3.45. The Labute approximate surface area is 67.6 Å². The second-order valence-electron chi connectivity index (χ2n) is 4.12. The van der Waals surface area contributed by atoms with E-state index in [-0.39, 0.29) is 6.04 Å². The molecular weight excluding hydrogens is 141 g/mol. The van der Waals surface area contributed by atoms with Gasteiger partial charge in [-0.3, -0.25) is 4.90 Å². The molecule has 0 N–H and O–H groups in total. The average Bonchev–Trinajstić information content (AvgIpc) is 2.23. The van der Waals surface area contributed by atoms with Gasteiger partial charge in [-0.15, -0.1) is 0 Å². The fourth-order valence-electron chi connectivity index (χ4n) is 2.65. The van der Waals surface area contributed by atoms with Crippen LogP contribution in [0.1, 0.15) is 26.2 Å². The maximum absolute atomic E-state index is 13.5. The Morgan fingerprint density at radius 2 is 2.09 bits per heavy atom. The monoisotopic (exact) mass is 157 g/mol. The third kappa shape index (κ3) is 0.994. The molecule has 0 radical (unpaired) electrons. The second kappa shape index (κ2) is 2.44. The topological polar surface area (TPSA) is 3.24 Å². The number of hydrogen-bond donors (Lipinski definition) is 0. The fraction of sp³-hybridized carbons (Fsp3) is 1.00. The van der Waals surface area contributed by atoms with E-state index in [4.69, 9.17) is 0 Å². The lowest BCUT2D eigenvalue weighted by Gasteiger charge is -2.37. The van der Waals surface area contributed by atoms with Gasteiger partial charge in [-0.1, -0.05) is 6.92 Å². The van der Waals surface area contributed by atoms with E-state index in [9.17, 15) is 4.39 Å². The quantitative estimate of drug-likeness (QED) is 0.518. The van der Waals surface area contributed by atoms with Crippen molar-refractivity contribution in [3.8, 4) is 0 Å². The van der Waals surface area contributed by atoms with Crippen molar-refractivity contribution < 1.29 is 4.39 Å². The van der Waals surface area contributed by atoms with Crippen LogP contribution in [0.2, 0.25) is 0 Å². The minimum Gasteiger partial charge on any atom is -0.298 e. The Morgan fingerprint density at radius 1 is 1.36 bits per heavy atom. The van der Waals surface area contributed by atoms with Crippen molar-refractivity contribution in [2.45, 2.75) is 44.4 Å². The third-order valence-electron chi connectivity index (χ3n) is 3.45. The predicted molar refractivity (Wildman–Crippen MR) is 43.3 cm³/mol. The highest BCUT2D eigenvalue weighted by atomic mass is 19.1. The summed E-state index contributed by atoms with van der Waals surface area (Å²) in [4.78, 5) is 2.24. The lowest BCUT2D eigenvalue weighted by molar-refractivity contribution is 0.0475. The van der Waals surface area contributed by atoms with Crippen molar-refractivity contribution in [1.29, 1.82) is 0 Å². The van der Waals surface area contributed by atoms with Crippen LogP contribution in [0.5, 0.6) is 0 Å². The number of rotatable bonds is 0. The van der Waals surface area contributed by atoms with Crippen LogP contribution in [-0.2, 0) is 0 Å². The number of hydrogen-bond acceptors (Lipinski definition) is 1. The molecule has 1 nitrogen and oxygen atoms in total. The normalized spacial score (nSPS) is 51.5. The second-order valence-corrected chi connectivity index (χ2v) is 4.12. The maximum Gasteiger partial charge on any atom is 0.118 e. The Morgan fingerprint density at radius 3 is 2.82 bits per heavy atom. The van der Waals surface area contributed by atoms with Gasteiger partial charge >= 0.3 is 0 Å². The molecule has 2 fully saturated rings. The van der Waals surface area contributed by atoms with Gasteiger partial charge in [-0.2, -0.15) is 0 Å². The van der Waals surface area contributed by atoms with Gasteiger partial charge in [0.05, 0.1) is 0 Å². The van der Waals surface area contributed by atoms with Crippen molar-refractivity contribution >= 4 is 0 Å². The van der Waals surface area contributed by atoms with Crippen molar-refractivity contribution in [2.24, 2.45) is 5.92 Å². The van der Waals surface area contributed by atoms with Gasteiger partial charge in [0.15, 0.2) is 0 Å². The first-order chi connectivity index (χ1) is 5.20. The number of halogens is 1. The molecule has 2 rings (SSSR count). The molecule has 2 bridgehead atoms. The molecule has 4 atom stereocenters. The standard InChI is InChI=1S/C9H16FN/c1-6-5-7-3-4-8(9(6)10)11(7)2/h6-9H,3-5H2,1-2H3/t6-,7?,8?,9?/m0/s1. The zero-order chi connectivity index (χ0) is 8.01. The summed E-state index contributed by atoms with van der Waals surface area (Å²) in [5.41, 5.74) is 0. The Kier molecular flexibility index (Phi) is 1.67. The number of fused-ring (bicyclic) bond motifs is 2. The largest absolute Gasteiger partial charge is 0.298 e. The molecule has 2 aliphatic heterocycles. The van der Waals surface area contributed by atoms with Crippen molar-refractivity contribution in [3.63, 3.8) is 0 Å². The minimum atomic E-state index is -0.571. The van der Waals surface area contributed by atoms with E-state index < -0.39 is 6.17 Å². The molecule has 2 saturated heterocycles. The highest BCUT2D eigenvalue weighted by Gasteiger charge is 2.43. The zero-order valence-electron chi connectivity index (χ0n) is 7.26. The van der Waals surface area contributed by atoms with Crippen LogP contribution in [0.4, 0.5) is 4.39 Å². The Balaban J connectivity index is 2.16. The van der Waals surface area contributed by atoms with E-state index in [1.54, 1.807) is 0 Å². The summed E-state index contributed by atoms with van der Waals surface area (Å²) in [6.07, 6.45) is 2.78. The molecular formula is C9H16FN.